The third kappa shape index (κ3) is 11.7. The van der Waals surface area contributed by atoms with Crippen molar-refractivity contribution in [2.24, 2.45) is 0 Å². The van der Waals surface area contributed by atoms with Crippen LogP contribution >= 0.6 is 23.4 Å². The van der Waals surface area contributed by atoms with Crippen molar-refractivity contribution in [1.29, 1.82) is 0 Å². The van der Waals surface area contributed by atoms with Gasteiger partial charge in [0.1, 0.15) is 11.8 Å². The fourth-order valence-electron chi connectivity index (χ4n) is 2.58. The monoisotopic (exact) mass is 505 g/mol. The molecule has 0 radical (unpaired) electrons. The quantitative estimate of drug-likeness (QED) is 0.192. The summed E-state index contributed by atoms with van der Waals surface area (Å²) in [5, 5.41) is 2.68. The minimum absolute atomic E-state index is 0.248. The van der Waals surface area contributed by atoms with Gasteiger partial charge in [-0.2, -0.15) is 0 Å². The van der Waals surface area contributed by atoms with Gasteiger partial charge in [-0.1, -0.05) is 55.5 Å². The first kappa shape index (κ1) is 26.7. The van der Waals surface area contributed by atoms with E-state index in [2.05, 4.69) is 27.9 Å². The van der Waals surface area contributed by atoms with Gasteiger partial charge in [0.2, 0.25) is 0 Å². The Labute approximate surface area is 187 Å². The lowest BCUT2D eigenvalue weighted by atomic mass is 10.2. The highest BCUT2D eigenvalue weighted by molar-refractivity contribution is 9.10. The first-order valence-corrected chi connectivity index (χ1v) is 13.3. The molecular weight excluding hydrogens is 473 g/mol. The fourth-order valence-corrected chi connectivity index (χ4v) is 4.18. The summed E-state index contributed by atoms with van der Waals surface area (Å²) in [4.78, 5) is 24.7. The predicted molar refractivity (Wildman–Crippen MR) is 121 cm³/mol. The van der Waals surface area contributed by atoms with Gasteiger partial charge >= 0.3 is 19.5 Å². The molecule has 0 aliphatic rings. The van der Waals surface area contributed by atoms with Crippen LogP contribution in [0, 0.1) is 0 Å². The molecule has 30 heavy (non-hydrogen) atoms. The Balaban J connectivity index is 2.74. The molecule has 0 heterocycles. The third-order valence-electron chi connectivity index (χ3n) is 4.14. The molecule has 0 aliphatic heterocycles. The second-order valence-corrected chi connectivity index (χ2v) is 10.1. The summed E-state index contributed by atoms with van der Waals surface area (Å²) < 4.78 is 29.8. The van der Waals surface area contributed by atoms with Crippen molar-refractivity contribution < 1.29 is 28.2 Å². The zero-order valence-corrected chi connectivity index (χ0v) is 20.5. The maximum absolute atomic E-state index is 12.9. The van der Waals surface area contributed by atoms with Gasteiger partial charge in [0.25, 0.3) is 0 Å². The first-order valence-electron chi connectivity index (χ1n) is 10.4. The van der Waals surface area contributed by atoms with Crippen molar-refractivity contribution in [3.05, 3.63) is 28.7 Å². The third-order valence-corrected chi connectivity index (χ3v) is 6.01. The molecule has 0 aliphatic carbocycles. The maximum atomic E-state index is 12.9. The summed E-state index contributed by atoms with van der Waals surface area (Å²) in [7, 11) is -3.45. The lowest BCUT2D eigenvalue weighted by Crippen LogP contribution is -2.39. The van der Waals surface area contributed by atoms with Crippen molar-refractivity contribution in [1.82, 2.24) is 5.09 Å². The van der Waals surface area contributed by atoms with E-state index >= 15 is 0 Å². The van der Waals surface area contributed by atoms with Crippen LogP contribution in [0.4, 0.5) is 0 Å². The second-order valence-electron chi connectivity index (χ2n) is 7.08. The number of carbonyl (C=O) groups is 2. The number of nitrogens with one attached hydrogen (secondary N) is 1. The summed E-state index contributed by atoms with van der Waals surface area (Å²) in [6.07, 6.45) is 5.12. The van der Waals surface area contributed by atoms with Crippen LogP contribution in [0.3, 0.4) is 0 Å². The zero-order chi connectivity index (χ0) is 22.4. The molecule has 9 heteroatoms. The largest absolute Gasteiger partial charge is 0.466 e. The summed E-state index contributed by atoms with van der Waals surface area (Å²) >= 11 is 3.32. The molecule has 1 N–H and O–H groups in total. The SMILES string of the molecule is CCCCCOC(=O)C[C@H](NP(C)(=O)Oc1ccc(Br)cc1)C(=O)OCCCCC. The minimum atomic E-state index is -3.45. The van der Waals surface area contributed by atoms with Crippen LogP contribution in [0.2, 0.25) is 0 Å². The van der Waals surface area contributed by atoms with Gasteiger partial charge in [0.15, 0.2) is 0 Å². The number of esters is 2. The van der Waals surface area contributed by atoms with Crippen molar-refractivity contribution in [2.75, 3.05) is 19.9 Å². The van der Waals surface area contributed by atoms with E-state index in [9.17, 15) is 14.2 Å². The predicted octanol–water partition coefficient (Wildman–Crippen LogP) is 5.47. The van der Waals surface area contributed by atoms with E-state index in [1.54, 1.807) is 24.3 Å². The Bertz CT molecular complexity index is 697. The molecule has 1 unspecified atom stereocenters. The van der Waals surface area contributed by atoms with E-state index < -0.39 is 25.5 Å². The Morgan fingerprint density at radius 3 is 2.13 bits per heavy atom. The van der Waals surface area contributed by atoms with Crippen LogP contribution in [-0.4, -0.2) is 37.9 Å². The molecule has 0 aromatic heterocycles. The van der Waals surface area contributed by atoms with Gasteiger partial charge in [-0.25, -0.2) is 5.09 Å². The van der Waals surface area contributed by atoms with Gasteiger partial charge in [-0.15, -0.1) is 0 Å². The molecule has 0 fully saturated rings. The molecule has 0 saturated carbocycles. The van der Waals surface area contributed by atoms with Crippen LogP contribution in [-0.2, 0) is 23.6 Å². The maximum Gasteiger partial charge on any atom is 0.324 e. The van der Waals surface area contributed by atoms with Crippen LogP contribution in [0.1, 0.15) is 58.8 Å². The lowest BCUT2D eigenvalue weighted by Gasteiger charge is -2.22. The minimum Gasteiger partial charge on any atom is -0.466 e. The van der Waals surface area contributed by atoms with Crippen molar-refractivity contribution >= 4 is 35.4 Å². The molecule has 0 bridgehead atoms. The molecule has 0 spiro atoms. The van der Waals surface area contributed by atoms with Gasteiger partial charge in [0.05, 0.1) is 19.6 Å². The summed E-state index contributed by atoms with van der Waals surface area (Å²) in [5.74, 6) is -0.801. The summed E-state index contributed by atoms with van der Waals surface area (Å²) in [6.45, 7) is 6.01. The lowest BCUT2D eigenvalue weighted by molar-refractivity contribution is -0.152. The van der Waals surface area contributed by atoms with Gasteiger partial charge in [-0.05, 0) is 37.1 Å². The number of ether oxygens (including phenoxy) is 2. The van der Waals surface area contributed by atoms with Crippen LogP contribution < -0.4 is 9.61 Å². The Morgan fingerprint density at radius 2 is 1.57 bits per heavy atom. The first-order chi connectivity index (χ1) is 14.3. The van der Waals surface area contributed by atoms with E-state index in [1.165, 1.54) is 6.66 Å². The Morgan fingerprint density at radius 1 is 1.00 bits per heavy atom. The van der Waals surface area contributed by atoms with Crippen LogP contribution in [0.15, 0.2) is 28.7 Å². The average molecular weight is 506 g/mol. The van der Waals surface area contributed by atoms with Gasteiger partial charge in [-0.3, -0.25) is 14.2 Å². The average Bonchev–Trinajstić information content (AvgIpc) is 2.69. The zero-order valence-electron chi connectivity index (χ0n) is 18.0. The van der Waals surface area contributed by atoms with Gasteiger partial charge in [0, 0.05) is 11.1 Å². The van der Waals surface area contributed by atoms with E-state index in [0.29, 0.717) is 12.4 Å². The number of benzene rings is 1. The fraction of sp³-hybridized carbons (Fsp3) is 0.619. The standard InChI is InChI=1S/C21H33BrNO6P/c1-4-6-8-14-27-20(24)16-19(21(25)28-15-9-7-5-2)23-30(3,26)29-18-12-10-17(22)11-13-18/h10-13,19H,4-9,14-16H2,1-3H3,(H,23,26)/t19-,30?/m0/s1. The number of hydrogen-bond acceptors (Lipinski definition) is 6. The van der Waals surface area contributed by atoms with Crippen molar-refractivity contribution in [2.45, 2.75) is 64.8 Å². The van der Waals surface area contributed by atoms with Crippen molar-refractivity contribution in [3.8, 4) is 5.75 Å². The Hall–Kier alpha value is -1.37. The number of carbonyl (C=O) groups excluding carboxylic acids is 2. The number of hydrogen-bond donors (Lipinski definition) is 1. The summed E-state index contributed by atoms with van der Waals surface area (Å²) in [5.41, 5.74) is 0. The highest BCUT2D eigenvalue weighted by atomic mass is 79.9. The molecule has 170 valence electrons. The van der Waals surface area contributed by atoms with Crippen LogP contribution in [0.5, 0.6) is 5.75 Å². The number of halogens is 1. The summed E-state index contributed by atoms with van der Waals surface area (Å²) in [6, 6.07) is 5.70. The van der Waals surface area contributed by atoms with E-state index in [-0.39, 0.29) is 13.0 Å². The van der Waals surface area contributed by atoms with E-state index in [0.717, 1.165) is 43.0 Å². The second kappa shape index (κ2) is 14.6. The molecule has 0 saturated heterocycles. The van der Waals surface area contributed by atoms with Crippen LogP contribution in [0.25, 0.3) is 0 Å². The normalized spacial score (nSPS) is 13.9. The highest BCUT2D eigenvalue weighted by Crippen LogP contribution is 2.40. The highest BCUT2D eigenvalue weighted by Gasteiger charge is 2.31. The Kier molecular flexibility index (Phi) is 13.0. The van der Waals surface area contributed by atoms with E-state index in [1.807, 2.05) is 6.92 Å². The number of rotatable bonds is 15. The molecule has 0 amide bonds. The van der Waals surface area contributed by atoms with Crippen molar-refractivity contribution in [3.63, 3.8) is 0 Å². The topological polar surface area (TPSA) is 90.9 Å². The molecule has 1 rings (SSSR count). The molecule has 1 aromatic rings. The van der Waals surface area contributed by atoms with Gasteiger partial charge < -0.3 is 14.0 Å². The smallest absolute Gasteiger partial charge is 0.324 e. The molecule has 1 aromatic carbocycles. The molecular formula is C21H33BrNO6P. The molecule has 7 nitrogen and oxygen atoms in total. The van der Waals surface area contributed by atoms with E-state index in [4.69, 9.17) is 14.0 Å². The number of unbranched alkanes of at least 4 members (excludes halogenated alkanes) is 4. The molecule has 2 atom stereocenters.